The molecule has 4 nitrogen and oxygen atoms in total. The maximum Gasteiger partial charge on any atom is 0.387 e. The van der Waals surface area contributed by atoms with Gasteiger partial charge in [0.1, 0.15) is 0 Å². The van der Waals surface area contributed by atoms with Gasteiger partial charge in [-0.25, -0.2) is 0 Å². The number of methoxy groups -OCH3 is 1. The van der Waals surface area contributed by atoms with Crippen molar-refractivity contribution in [3.8, 4) is 11.5 Å². The molecule has 24 heavy (non-hydrogen) atoms. The molecule has 0 saturated heterocycles. The molecule has 0 saturated carbocycles. The summed E-state index contributed by atoms with van der Waals surface area (Å²) in [6, 6.07) is 10.2. The Balaban J connectivity index is 2.08. The molecule has 1 N–H and O–H groups in total. The van der Waals surface area contributed by atoms with Crippen LogP contribution in [-0.2, 0) is 6.54 Å². The predicted octanol–water partition coefficient (Wildman–Crippen LogP) is 3.84. The molecule has 128 valence electrons. The molecular formula is C18H19F2NO3. The minimum absolute atomic E-state index is 0.0443. The standard InChI is InChI=1S/C18H19F2NO3/c1-11-4-5-12(2)14(8-11)17(22)21-10-13-6-7-15(24-18(19)20)16(9-13)23-3/h4-9,18H,10H2,1-3H3,(H,21,22). The van der Waals surface area contributed by atoms with Gasteiger partial charge in [0.25, 0.3) is 5.91 Å². The summed E-state index contributed by atoms with van der Waals surface area (Å²) in [7, 11) is 1.37. The van der Waals surface area contributed by atoms with E-state index in [1.165, 1.54) is 13.2 Å². The van der Waals surface area contributed by atoms with Gasteiger partial charge >= 0.3 is 6.61 Å². The second-order valence-corrected chi connectivity index (χ2v) is 5.36. The molecule has 0 spiro atoms. The molecular weight excluding hydrogens is 316 g/mol. The van der Waals surface area contributed by atoms with E-state index in [0.717, 1.165) is 11.1 Å². The average Bonchev–Trinajstić information content (AvgIpc) is 2.55. The van der Waals surface area contributed by atoms with Crippen molar-refractivity contribution in [2.24, 2.45) is 0 Å². The smallest absolute Gasteiger partial charge is 0.387 e. The second kappa shape index (κ2) is 7.77. The van der Waals surface area contributed by atoms with E-state index in [0.29, 0.717) is 11.1 Å². The summed E-state index contributed by atoms with van der Waals surface area (Å²) in [6.45, 7) is 1.11. The van der Waals surface area contributed by atoms with Gasteiger partial charge in [0.15, 0.2) is 11.5 Å². The van der Waals surface area contributed by atoms with E-state index in [4.69, 9.17) is 4.74 Å². The average molecular weight is 335 g/mol. The van der Waals surface area contributed by atoms with Gasteiger partial charge in [-0.2, -0.15) is 8.78 Å². The van der Waals surface area contributed by atoms with E-state index in [-0.39, 0.29) is 24.0 Å². The van der Waals surface area contributed by atoms with Crippen molar-refractivity contribution in [3.05, 3.63) is 58.7 Å². The first kappa shape index (κ1) is 17.7. The van der Waals surface area contributed by atoms with Crippen LogP contribution < -0.4 is 14.8 Å². The lowest BCUT2D eigenvalue weighted by atomic mass is 10.0. The quantitative estimate of drug-likeness (QED) is 0.872. The third-order valence-electron chi connectivity index (χ3n) is 3.53. The number of carbonyl (C=O) groups excluding carboxylic acids is 1. The van der Waals surface area contributed by atoms with E-state index in [9.17, 15) is 13.6 Å². The number of halogens is 2. The van der Waals surface area contributed by atoms with Crippen LogP contribution in [0.25, 0.3) is 0 Å². The van der Waals surface area contributed by atoms with Gasteiger partial charge in [0, 0.05) is 12.1 Å². The van der Waals surface area contributed by atoms with Crippen molar-refractivity contribution < 1.29 is 23.0 Å². The Hall–Kier alpha value is -2.63. The van der Waals surface area contributed by atoms with Gasteiger partial charge in [-0.1, -0.05) is 23.8 Å². The van der Waals surface area contributed by atoms with E-state index in [1.807, 2.05) is 32.0 Å². The van der Waals surface area contributed by atoms with Crippen LogP contribution in [0.1, 0.15) is 27.0 Å². The number of hydrogen-bond donors (Lipinski definition) is 1. The predicted molar refractivity (Wildman–Crippen MR) is 86.7 cm³/mol. The first-order valence-corrected chi connectivity index (χ1v) is 7.38. The van der Waals surface area contributed by atoms with E-state index in [2.05, 4.69) is 10.1 Å². The second-order valence-electron chi connectivity index (χ2n) is 5.36. The summed E-state index contributed by atoms with van der Waals surface area (Å²) >= 11 is 0. The number of hydrogen-bond acceptors (Lipinski definition) is 3. The molecule has 0 aliphatic carbocycles. The number of aryl methyl sites for hydroxylation is 2. The summed E-state index contributed by atoms with van der Waals surface area (Å²) in [4.78, 5) is 12.3. The van der Waals surface area contributed by atoms with Gasteiger partial charge in [-0.3, -0.25) is 4.79 Å². The number of alkyl halides is 2. The van der Waals surface area contributed by atoms with Gasteiger partial charge in [0.05, 0.1) is 7.11 Å². The highest BCUT2D eigenvalue weighted by molar-refractivity contribution is 5.95. The summed E-state index contributed by atoms with van der Waals surface area (Å²) in [5.41, 5.74) is 3.21. The molecule has 2 aromatic rings. The van der Waals surface area contributed by atoms with Gasteiger partial charge in [0.2, 0.25) is 0 Å². The summed E-state index contributed by atoms with van der Waals surface area (Å²) in [5.74, 6) is -0.0473. The van der Waals surface area contributed by atoms with Crippen LogP contribution in [0.4, 0.5) is 8.78 Å². The maximum absolute atomic E-state index is 12.3. The Labute approximate surface area is 139 Å². The van der Waals surface area contributed by atoms with Crippen molar-refractivity contribution in [1.29, 1.82) is 0 Å². The van der Waals surface area contributed by atoms with Crippen molar-refractivity contribution in [1.82, 2.24) is 5.32 Å². The molecule has 0 unspecified atom stereocenters. The zero-order valence-electron chi connectivity index (χ0n) is 13.7. The van der Waals surface area contributed by atoms with Gasteiger partial charge in [-0.15, -0.1) is 0 Å². The van der Waals surface area contributed by atoms with Crippen molar-refractivity contribution in [2.75, 3.05) is 7.11 Å². The van der Waals surface area contributed by atoms with Crippen LogP contribution >= 0.6 is 0 Å². The lowest BCUT2D eigenvalue weighted by Gasteiger charge is -2.12. The molecule has 1 amide bonds. The Bertz CT molecular complexity index is 732. The summed E-state index contributed by atoms with van der Waals surface area (Å²) in [5, 5.41) is 2.81. The molecule has 6 heteroatoms. The van der Waals surface area contributed by atoms with Crippen molar-refractivity contribution in [3.63, 3.8) is 0 Å². The normalized spacial score (nSPS) is 10.6. The van der Waals surface area contributed by atoms with E-state index < -0.39 is 6.61 Å². The molecule has 0 aromatic heterocycles. The maximum atomic E-state index is 12.3. The fourth-order valence-corrected chi connectivity index (χ4v) is 2.27. The van der Waals surface area contributed by atoms with Crippen LogP contribution in [0.3, 0.4) is 0 Å². The van der Waals surface area contributed by atoms with Crippen LogP contribution in [0, 0.1) is 13.8 Å². The van der Waals surface area contributed by atoms with Gasteiger partial charge < -0.3 is 14.8 Å². The number of ether oxygens (including phenoxy) is 2. The highest BCUT2D eigenvalue weighted by Crippen LogP contribution is 2.29. The lowest BCUT2D eigenvalue weighted by Crippen LogP contribution is -2.23. The largest absolute Gasteiger partial charge is 0.493 e. The fourth-order valence-electron chi connectivity index (χ4n) is 2.27. The SMILES string of the molecule is COc1cc(CNC(=O)c2cc(C)ccc2C)ccc1OC(F)F. The third-order valence-corrected chi connectivity index (χ3v) is 3.53. The van der Waals surface area contributed by atoms with Gasteiger partial charge in [-0.05, 0) is 43.2 Å². The zero-order chi connectivity index (χ0) is 17.7. The monoisotopic (exact) mass is 335 g/mol. The number of amides is 1. The molecule has 0 radical (unpaired) electrons. The van der Waals surface area contributed by atoms with Crippen LogP contribution in [-0.4, -0.2) is 19.6 Å². The molecule has 0 aliphatic rings. The van der Waals surface area contributed by atoms with E-state index >= 15 is 0 Å². The third kappa shape index (κ3) is 4.44. The van der Waals surface area contributed by atoms with Crippen molar-refractivity contribution in [2.45, 2.75) is 27.0 Å². The molecule has 2 aromatic carbocycles. The fraction of sp³-hybridized carbons (Fsp3) is 0.278. The zero-order valence-corrected chi connectivity index (χ0v) is 13.7. The van der Waals surface area contributed by atoms with Crippen LogP contribution in [0.2, 0.25) is 0 Å². The Morgan fingerprint density at radius 2 is 1.88 bits per heavy atom. The molecule has 0 bridgehead atoms. The Kier molecular flexibility index (Phi) is 5.73. The van der Waals surface area contributed by atoms with Crippen molar-refractivity contribution >= 4 is 5.91 Å². The molecule has 2 rings (SSSR count). The van der Waals surface area contributed by atoms with E-state index in [1.54, 1.807) is 12.1 Å². The topological polar surface area (TPSA) is 47.6 Å². The first-order chi connectivity index (χ1) is 11.4. The number of carbonyl (C=O) groups is 1. The van der Waals surface area contributed by atoms with Crippen LogP contribution in [0.5, 0.6) is 11.5 Å². The summed E-state index contributed by atoms with van der Waals surface area (Å²) in [6.07, 6.45) is 0. The lowest BCUT2D eigenvalue weighted by molar-refractivity contribution is -0.0512. The summed E-state index contributed by atoms with van der Waals surface area (Å²) < 4.78 is 34.0. The highest BCUT2D eigenvalue weighted by atomic mass is 19.3. The molecule has 0 atom stereocenters. The minimum atomic E-state index is -2.92. The number of benzene rings is 2. The number of rotatable bonds is 6. The Morgan fingerprint density at radius 1 is 1.12 bits per heavy atom. The molecule has 0 fully saturated rings. The molecule has 0 heterocycles. The Morgan fingerprint density at radius 3 is 2.54 bits per heavy atom. The first-order valence-electron chi connectivity index (χ1n) is 7.38. The molecule has 0 aliphatic heterocycles. The highest BCUT2D eigenvalue weighted by Gasteiger charge is 2.12. The van der Waals surface area contributed by atoms with Crippen LogP contribution in [0.15, 0.2) is 36.4 Å². The number of nitrogens with one attached hydrogen (secondary N) is 1. The minimum Gasteiger partial charge on any atom is -0.493 e.